The minimum Gasteiger partial charge on any atom is -0.398 e. The van der Waals surface area contributed by atoms with Gasteiger partial charge >= 0.3 is 0 Å². The maximum atomic E-state index is 5.89. The van der Waals surface area contributed by atoms with Crippen LogP contribution in [0.1, 0.15) is 5.56 Å². The summed E-state index contributed by atoms with van der Waals surface area (Å²) in [6.45, 7) is 0. The summed E-state index contributed by atoms with van der Waals surface area (Å²) in [6.07, 6.45) is 0. The van der Waals surface area contributed by atoms with Crippen molar-refractivity contribution < 1.29 is 0 Å². The largest absolute Gasteiger partial charge is 0.398 e. The minimum absolute atomic E-state index is 0.555. The third-order valence-corrected chi connectivity index (χ3v) is 3.90. The fourth-order valence-corrected chi connectivity index (χ4v) is 3.22. The first-order chi connectivity index (χ1) is 6.22. The molecule has 0 radical (unpaired) electrons. The average Bonchev–Trinajstić information content (AvgIpc) is 2.47. The summed E-state index contributed by atoms with van der Waals surface area (Å²) in [5, 5.41) is 3.27. The Morgan fingerprint density at radius 2 is 2.23 bits per heavy atom. The zero-order valence-electron chi connectivity index (χ0n) is 6.68. The van der Waals surface area contributed by atoms with E-state index in [1.165, 1.54) is 10.9 Å². The van der Waals surface area contributed by atoms with E-state index in [0.717, 1.165) is 14.0 Å². The van der Waals surface area contributed by atoms with Crippen molar-refractivity contribution in [3.8, 4) is 0 Å². The van der Waals surface area contributed by atoms with Crippen molar-refractivity contribution >= 4 is 61.3 Å². The normalized spacial score (nSPS) is 10.9. The van der Waals surface area contributed by atoms with Crippen LogP contribution in [-0.2, 0) is 5.88 Å². The van der Waals surface area contributed by atoms with Gasteiger partial charge in [-0.2, -0.15) is 0 Å². The Labute approximate surface area is 99.0 Å². The Balaban J connectivity index is 2.82. The molecule has 0 bridgehead atoms. The molecule has 2 N–H and O–H groups in total. The molecule has 0 aliphatic carbocycles. The van der Waals surface area contributed by atoms with E-state index in [1.54, 1.807) is 11.3 Å². The molecule has 0 unspecified atom stereocenters. The molecule has 0 saturated heterocycles. The molecule has 0 aliphatic rings. The van der Waals surface area contributed by atoms with Gasteiger partial charge in [0.25, 0.3) is 0 Å². The second kappa shape index (κ2) is 3.63. The number of anilines is 1. The van der Waals surface area contributed by atoms with Gasteiger partial charge in [-0.05, 0) is 51.1 Å². The highest BCUT2D eigenvalue weighted by molar-refractivity contribution is 14.1. The number of fused-ring (bicyclic) bond motifs is 1. The van der Waals surface area contributed by atoms with Gasteiger partial charge in [-0.15, -0.1) is 22.9 Å². The zero-order valence-corrected chi connectivity index (χ0v) is 10.4. The Morgan fingerprint density at radius 1 is 1.46 bits per heavy atom. The summed E-state index contributed by atoms with van der Waals surface area (Å²) >= 11 is 9.74. The lowest BCUT2D eigenvalue weighted by atomic mass is 10.2. The van der Waals surface area contributed by atoms with E-state index in [-0.39, 0.29) is 0 Å². The number of rotatable bonds is 1. The smallest absolute Gasteiger partial charge is 0.0576 e. The third-order valence-electron chi connectivity index (χ3n) is 1.89. The molecule has 0 fully saturated rings. The van der Waals surface area contributed by atoms with E-state index in [4.69, 9.17) is 17.3 Å². The van der Waals surface area contributed by atoms with Gasteiger partial charge in [-0.3, -0.25) is 0 Å². The van der Waals surface area contributed by atoms with Gasteiger partial charge in [0, 0.05) is 9.45 Å². The van der Waals surface area contributed by atoms with Crippen LogP contribution in [0.4, 0.5) is 5.69 Å². The van der Waals surface area contributed by atoms with Gasteiger partial charge < -0.3 is 5.73 Å². The molecule has 0 atom stereocenters. The first kappa shape index (κ1) is 9.55. The lowest BCUT2D eigenvalue weighted by Gasteiger charge is -1.98. The number of halogens is 2. The van der Waals surface area contributed by atoms with Crippen LogP contribution in [0, 0.1) is 3.57 Å². The summed E-state index contributed by atoms with van der Waals surface area (Å²) in [6, 6.07) is 4.11. The monoisotopic (exact) mass is 323 g/mol. The van der Waals surface area contributed by atoms with Crippen LogP contribution in [0.25, 0.3) is 10.1 Å². The number of thiophene rings is 1. The fraction of sp³-hybridized carbons (Fsp3) is 0.111. The number of nitrogens with two attached hydrogens (primary N) is 1. The van der Waals surface area contributed by atoms with Gasteiger partial charge in [0.05, 0.1) is 10.4 Å². The van der Waals surface area contributed by atoms with E-state index >= 15 is 0 Å². The maximum Gasteiger partial charge on any atom is 0.0576 e. The quantitative estimate of drug-likeness (QED) is 0.482. The summed E-state index contributed by atoms with van der Waals surface area (Å²) < 4.78 is 2.31. The predicted octanol–water partition coefficient (Wildman–Crippen LogP) is 3.83. The van der Waals surface area contributed by atoms with Crippen LogP contribution in [0.2, 0.25) is 0 Å². The minimum atomic E-state index is 0.555. The van der Waals surface area contributed by atoms with E-state index in [9.17, 15) is 0 Å². The summed E-state index contributed by atoms with van der Waals surface area (Å²) in [4.78, 5) is 0. The van der Waals surface area contributed by atoms with Crippen LogP contribution in [-0.4, -0.2) is 0 Å². The first-order valence-electron chi connectivity index (χ1n) is 3.73. The Hall–Kier alpha value is -0.000000000000000139. The van der Waals surface area contributed by atoms with Crippen LogP contribution in [0.15, 0.2) is 17.5 Å². The highest BCUT2D eigenvalue weighted by atomic mass is 127. The number of hydrogen-bond acceptors (Lipinski definition) is 2. The second-order valence-electron chi connectivity index (χ2n) is 2.77. The molecule has 1 heterocycles. The molecule has 4 heteroatoms. The predicted molar refractivity (Wildman–Crippen MR) is 68.5 cm³/mol. The maximum absolute atomic E-state index is 5.89. The molecular weight excluding hydrogens is 317 g/mol. The molecular formula is C9H7ClINS. The Morgan fingerprint density at radius 3 is 2.92 bits per heavy atom. The number of alkyl halides is 1. The number of nitrogen functional groups attached to an aromatic ring is 1. The van der Waals surface area contributed by atoms with E-state index in [2.05, 4.69) is 34.0 Å². The van der Waals surface area contributed by atoms with E-state index < -0.39 is 0 Å². The molecule has 0 amide bonds. The molecule has 0 spiro atoms. The lowest BCUT2D eigenvalue weighted by Crippen LogP contribution is -1.86. The molecule has 68 valence electrons. The summed E-state index contributed by atoms with van der Waals surface area (Å²) in [5.74, 6) is 0.555. The molecule has 1 aromatic carbocycles. The van der Waals surface area contributed by atoms with E-state index in [1.807, 2.05) is 6.07 Å². The van der Waals surface area contributed by atoms with Crippen LogP contribution < -0.4 is 5.73 Å². The first-order valence-corrected chi connectivity index (χ1v) is 6.22. The van der Waals surface area contributed by atoms with Crippen molar-refractivity contribution in [1.29, 1.82) is 0 Å². The summed E-state index contributed by atoms with van der Waals surface area (Å²) in [7, 11) is 0. The lowest BCUT2D eigenvalue weighted by molar-refractivity contribution is 1.49. The fourth-order valence-electron chi connectivity index (χ4n) is 1.28. The molecule has 2 aromatic rings. The number of benzene rings is 1. The van der Waals surface area contributed by atoms with Crippen molar-refractivity contribution in [3.63, 3.8) is 0 Å². The zero-order chi connectivity index (χ0) is 9.42. The Kier molecular flexibility index (Phi) is 2.67. The van der Waals surface area contributed by atoms with Crippen molar-refractivity contribution in [1.82, 2.24) is 0 Å². The Bertz CT molecular complexity index is 452. The average molecular weight is 324 g/mol. The standard InChI is InChI=1S/C9H7ClINS/c10-3-5-4-13-9-7(5)1-6(11)2-8(9)12/h1-2,4H,3,12H2. The van der Waals surface area contributed by atoms with Crippen LogP contribution in [0.5, 0.6) is 0 Å². The van der Waals surface area contributed by atoms with Crippen LogP contribution in [0.3, 0.4) is 0 Å². The van der Waals surface area contributed by atoms with Crippen molar-refractivity contribution in [3.05, 3.63) is 26.6 Å². The molecule has 2 rings (SSSR count). The molecule has 0 saturated carbocycles. The highest BCUT2D eigenvalue weighted by Gasteiger charge is 2.06. The van der Waals surface area contributed by atoms with Gasteiger partial charge in [-0.25, -0.2) is 0 Å². The van der Waals surface area contributed by atoms with E-state index in [0.29, 0.717) is 5.88 Å². The molecule has 0 aliphatic heterocycles. The highest BCUT2D eigenvalue weighted by Crippen LogP contribution is 2.33. The van der Waals surface area contributed by atoms with Crippen LogP contribution >= 0.6 is 45.5 Å². The second-order valence-corrected chi connectivity index (χ2v) is 5.16. The number of hydrogen-bond donors (Lipinski definition) is 1. The molecule has 13 heavy (non-hydrogen) atoms. The molecule has 1 aromatic heterocycles. The topological polar surface area (TPSA) is 26.0 Å². The van der Waals surface area contributed by atoms with Crippen molar-refractivity contribution in [2.75, 3.05) is 5.73 Å². The van der Waals surface area contributed by atoms with Gasteiger partial charge in [0.1, 0.15) is 0 Å². The summed E-state index contributed by atoms with van der Waals surface area (Å²) in [5.41, 5.74) is 7.91. The van der Waals surface area contributed by atoms with Gasteiger partial charge in [-0.1, -0.05) is 0 Å². The van der Waals surface area contributed by atoms with Gasteiger partial charge in [0.15, 0.2) is 0 Å². The SMILES string of the molecule is Nc1cc(I)cc2c(CCl)csc12. The van der Waals surface area contributed by atoms with Crippen molar-refractivity contribution in [2.45, 2.75) is 5.88 Å². The van der Waals surface area contributed by atoms with Gasteiger partial charge in [0.2, 0.25) is 0 Å². The van der Waals surface area contributed by atoms with Crippen molar-refractivity contribution in [2.24, 2.45) is 0 Å². The third kappa shape index (κ3) is 1.65. The molecule has 1 nitrogen and oxygen atoms in total.